The van der Waals surface area contributed by atoms with Crippen molar-refractivity contribution in [2.24, 2.45) is 5.92 Å². The van der Waals surface area contributed by atoms with Crippen molar-refractivity contribution in [3.05, 3.63) is 29.8 Å². The number of carbonyl (C=O) groups is 1. The molecule has 1 fully saturated rings. The van der Waals surface area contributed by atoms with Gasteiger partial charge in [-0.25, -0.2) is 8.78 Å². The summed E-state index contributed by atoms with van der Waals surface area (Å²) < 4.78 is 54.7. The lowest BCUT2D eigenvalue weighted by Gasteiger charge is -2.34. The molecule has 0 heterocycles. The maximum Gasteiger partial charge on any atom is 0.387 e. The van der Waals surface area contributed by atoms with Crippen molar-refractivity contribution in [2.45, 2.75) is 64.0 Å². The largest absolute Gasteiger partial charge is 0.435 e. The van der Waals surface area contributed by atoms with Gasteiger partial charge in [0.25, 0.3) is 0 Å². The van der Waals surface area contributed by atoms with Gasteiger partial charge in [-0.15, -0.1) is 0 Å². The van der Waals surface area contributed by atoms with Crippen LogP contribution in [0.2, 0.25) is 0 Å². The van der Waals surface area contributed by atoms with E-state index >= 15 is 0 Å². The van der Waals surface area contributed by atoms with Crippen molar-refractivity contribution < 1.29 is 27.1 Å². The lowest BCUT2D eigenvalue weighted by molar-refractivity contribution is -0.127. The summed E-state index contributed by atoms with van der Waals surface area (Å²) in [5.74, 6) is -2.85. The zero-order chi connectivity index (χ0) is 18.4. The minimum atomic E-state index is -2.91. The van der Waals surface area contributed by atoms with Crippen LogP contribution in [-0.4, -0.2) is 18.4 Å². The van der Waals surface area contributed by atoms with E-state index in [2.05, 4.69) is 10.1 Å². The van der Waals surface area contributed by atoms with Gasteiger partial charge in [-0.05, 0) is 36.5 Å². The Morgan fingerprint density at radius 1 is 1.36 bits per heavy atom. The van der Waals surface area contributed by atoms with Crippen LogP contribution in [0.25, 0.3) is 0 Å². The average molecular weight is 361 g/mol. The molecule has 1 aromatic rings. The standard InChI is InChI=1S/C18H23F4NO2/c1-2-4-15(13-5-3-6-14(9-13)25-17(19)20)23-16(24)8-7-12-10-18(21,22)11-12/h3,5-6,9,12,15,17H,2,4,7-8,10-11H2,1H3,(H,23,24). The number of benzene rings is 1. The molecule has 1 aromatic carbocycles. The first kappa shape index (κ1) is 19.5. The number of halogens is 4. The predicted octanol–water partition coefficient (Wildman–Crippen LogP) is 5.07. The molecule has 1 N–H and O–H groups in total. The fraction of sp³-hybridized carbons (Fsp3) is 0.611. The Morgan fingerprint density at radius 3 is 2.68 bits per heavy atom. The van der Waals surface area contributed by atoms with E-state index in [9.17, 15) is 22.4 Å². The maximum atomic E-state index is 12.8. The third-order valence-electron chi connectivity index (χ3n) is 4.35. The highest BCUT2D eigenvalue weighted by Crippen LogP contribution is 2.44. The Labute approximate surface area is 144 Å². The molecule has 1 aliphatic carbocycles. The minimum Gasteiger partial charge on any atom is -0.435 e. The van der Waals surface area contributed by atoms with E-state index in [1.807, 2.05) is 6.92 Å². The normalized spacial score (nSPS) is 17.8. The van der Waals surface area contributed by atoms with Gasteiger partial charge in [-0.3, -0.25) is 4.79 Å². The molecule has 0 radical (unpaired) electrons. The summed E-state index contributed by atoms with van der Waals surface area (Å²) in [7, 11) is 0. The number of alkyl halides is 4. The molecule has 1 amide bonds. The molecule has 1 aliphatic rings. The smallest absolute Gasteiger partial charge is 0.387 e. The van der Waals surface area contributed by atoms with Gasteiger partial charge in [0.05, 0.1) is 6.04 Å². The molecular formula is C18H23F4NO2. The van der Waals surface area contributed by atoms with Crippen molar-refractivity contribution >= 4 is 5.91 Å². The molecule has 7 heteroatoms. The zero-order valence-corrected chi connectivity index (χ0v) is 14.1. The summed E-state index contributed by atoms with van der Waals surface area (Å²) in [5, 5.41) is 2.87. The number of hydrogen-bond donors (Lipinski definition) is 1. The van der Waals surface area contributed by atoms with Crippen LogP contribution in [0, 0.1) is 5.92 Å². The number of carbonyl (C=O) groups excluding carboxylic acids is 1. The number of rotatable bonds is 9. The van der Waals surface area contributed by atoms with Gasteiger partial charge in [-0.2, -0.15) is 8.78 Å². The van der Waals surface area contributed by atoms with Gasteiger partial charge in [0.2, 0.25) is 11.8 Å². The van der Waals surface area contributed by atoms with Crippen LogP contribution in [0.3, 0.4) is 0 Å². The molecule has 0 saturated heterocycles. The highest BCUT2D eigenvalue weighted by atomic mass is 19.3. The Balaban J connectivity index is 1.90. The van der Waals surface area contributed by atoms with Crippen LogP contribution < -0.4 is 10.1 Å². The topological polar surface area (TPSA) is 38.3 Å². The summed E-state index contributed by atoms with van der Waals surface area (Å²) in [5.41, 5.74) is 0.684. The lowest BCUT2D eigenvalue weighted by atomic mass is 9.78. The Hall–Kier alpha value is -1.79. The van der Waals surface area contributed by atoms with Crippen molar-refractivity contribution in [1.82, 2.24) is 5.32 Å². The van der Waals surface area contributed by atoms with E-state index < -0.39 is 12.5 Å². The monoisotopic (exact) mass is 361 g/mol. The molecule has 0 aromatic heterocycles. The van der Waals surface area contributed by atoms with Crippen LogP contribution in [0.1, 0.15) is 57.1 Å². The second kappa shape index (κ2) is 8.54. The van der Waals surface area contributed by atoms with Gasteiger partial charge in [0.15, 0.2) is 0 Å². The highest BCUT2D eigenvalue weighted by molar-refractivity contribution is 5.76. The van der Waals surface area contributed by atoms with Gasteiger partial charge in [0, 0.05) is 19.3 Å². The molecule has 0 spiro atoms. The van der Waals surface area contributed by atoms with Crippen LogP contribution >= 0.6 is 0 Å². The first-order chi connectivity index (χ1) is 11.8. The molecule has 140 valence electrons. The molecule has 2 rings (SSSR count). The first-order valence-electron chi connectivity index (χ1n) is 8.51. The van der Waals surface area contributed by atoms with E-state index in [4.69, 9.17) is 0 Å². The summed E-state index contributed by atoms with van der Waals surface area (Å²) in [6, 6.07) is 5.93. The molecule has 1 unspecified atom stereocenters. The van der Waals surface area contributed by atoms with Gasteiger partial charge in [0.1, 0.15) is 5.75 Å². The Bertz CT molecular complexity index is 572. The second-order valence-electron chi connectivity index (χ2n) is 6.53. The SMILES string of the molecule is CCCC(NC(=O)CCC1CC(F)(F)C1)c1cccc(OC(F)F)c1. The first-order valence-corrected chi connectivity index (χ1v) is 8.51. The summed E-state index contributed by atoms with van der Waals surface area (Å²) in [6.07, 6.45) is 1.77. The fourth-order valence-electron chi connectivity index (χ4n) is 3.11. The average Bonchev–Trinajstić information content (AvgIpc) is 2.50. The maximum absolute atomic E-state index is 12.8. The molecule has 1 atom stereocenters. The van der Waals surface area contributed by atoms with E-state index in [0.29, 0.717) is 18.4 Å². The summed E-state index contributed by atoms with van der Waals surface area (Å²) in [4.78, 5) is 12.1. The van der Waals surface area contributed by atoms with Crippen molar-refractivity contribution in [3.8, 4) is 5.75 Å². The van der Waals surface area contributed by atoms with Gasteiger partial charge in [-0.1, -0.05) is 25.5 Å². The van der Waals surface area contributed by atoms with Crippen LogP contribution in [-0.2, 0) is 4.79 Å². The molecule has 1 saturated carbocycles. The van der Waals surface area contributed by atoms with Crippen molar-refractivity contribution in [1.29, 1.82) is 0 Å². The van der Waals surface area contributed by atoms with E-state index in [0.717, 1.165) is 6.42 Å². The molecular weight excluding hydrogens is 338 g/mol. The molecule has 0 aliphatic heterocycles. The van der Waals surface area contributed by atoms with Gasteiger partial charge >= 0.3 is 6.61 Å². The summed E-state index contributed by atoms with van der Waals surface area (Å²) in [6.45, 7) is -0.954. The quantitative estimate of drug-likeness (QED) is 0.624. The lowest BCUT2D eigenvalue weighted by Crippen LogP contribution is -2.36. The highest BCUT2D eigenvalue weighted by Gasteiger charge is 2.44. The van der Waals surface area contributed by atoms with Crippen molar-refractivity contribution in [3.63, 3.8) is 0 Å². The Morgan fingerprint density at radius 2 is 2.08 bits per heavy atom. The number of ether oxygens (including phenoxy) is 1. The third-order valence-corrected chi connectivity index (χ3v) is 4.35. The number of hydrogen-bond acceptors (Lipinski definition) is 2. The number of amides is 1. The fourth-order valence-corrected chi connectivity index (χ4v) is 3.11. The zero-order valence-electron chi connectivity index (χ0n) is 14.1. The Kier molecular flexibility index (Phi) is 6.67. The molecule has 25 heavy (non-hydrogen) atoms. The third kappa shape index (κ3) is 6.21. The minimum absolute atomic E-state index is 0.0413. The van der Waals surface area contributed by atoms with Crippen molar-refractivity contribution in [2.75, 3.05) is 0 Å². The van der Waals surface area contributed by atoms with Crippen LogP contribution in [0.15, 0.2) is 24.3 Å². The predicted molar refractivity (Wildman–Crippen MR) is 85.8 cm³/mol. The van der Waals surface area contributed by atoms with E-state index in [1.165, 1.54) is 12.1 Å². The summed E-state index contributed by atoms with van der Waals surface area (Å²) >= 11 is 0. The second-order valence-corrected chi connectivity index (χ2v) is 6.53. The van der Waals surface area contributed by atoms with E-state index in [1.54, 1.807) is 12.1 Å². The molecule has 3 nitrogen and oxygen atoms in total. The van der Waals surface area contributed by atoms with Crippen LogP contribution in [0.4, 0.5) is 17.6 Å². The van der Waals surface area contributed by atoms with Gasteiger partial charge < -0.3 is 10.1 Å². The molecule has 0 bridgehead atoms. The van der Waals surface area contributed by atoms with E-state index in [-0.39, 0.29) is 42.9 Å². The van der Waals surface area contributed by atoms with Crippen LogP contribution in [0.5, 0.6) is 5.75 Å². The number of nitrogens with one attached hydrogen (secondary N) is 1.